The van der Waals surface area contributed by atoms with Crippen molar-refractivity contribution in [3.8, 4) is 0 Å². The van der Waals surface area contributed by atoms with Gasteiger partial charge in [-0.15, -0.1) is 35.3 Å². The lowest BCUT2D eigenvalue weighted by Gasteiger charge is -2.35. The van der Waals surface area contributed by atoms with Crippen LogP contribution in [-0.2, 0) is 34.3 Å². The van der Waals surface area contributed by atoms with Crippen LogP contribution in [0.25, 0.3) is 85.3 Å². The SMILES string of the molecule is CC[C@H]1OC(=O)[C@](C)(N=[N+]=[N-])[C@@H]1C.CC[C@H]1OC(O)(c2ccc3c(SC)ncnn23)[C@](C)(N=[N+]=[N-])[C@@H]1C.CC[C@H]1O[C@@H](c2ccc3c(N)ncnn23)[C@](C)(N=[N+]=[N-])[C@@H]1C.CC[C@H]1O[C@@H](c2ccc3c(SC)ncnn23)[C@](C)(N=[N+]=[N-])[C@@H]1C.CSc1ncnn2cccc12.C[C@@]1(N=[N+]=[N-])[C@H](O)[C@@H](CO)O[C@H]1c1ccc2c(N)ncnn12.Clc1ncnn2cccc12. The van der Waals surface area contributed by atoms with E-state index < -0.39 is 64.4 Å². The minimum Gasteiger partial charge on any atom is -0.462 e. The Morgan fingerprint density at radius 1 is 0.472 bits per heavy atom. The van der Waals surface area contributed by atoms with Gasteiger partial charge in [-0.2, -0.15) is 30.6 Å². The lowest BCUT2D eigenvalue weighted by Crippen LogP contribution is -2.48. The number of aliphatic hydroxyl groups is 3. The summed E-state index contributed by atoms with van der Waals surface area (Å²) in [4.78, 5) is 50.3. The largest absolute Gasteiger partial charge is 0.462 e. The predicted molar refractivity (Wildman–Crippen MR) is 467 cm³/mol. The van der Waals surface area contributed by atoms with Gasteiger partial charge in [0, 0.05) is 42.9 Å². The molecule has 5 fully saturated rings. The van der Waals surface area contributed by atoms with Crippen LogP contribution in [0.1, 0.15) is 157 Å². The summed E-state index contributed by atoms with van der Waals surface area (Å²) in [6.07, 6.45) is 17.8. The molecule has 0 amide bonds. The maximum Gasteiger partial charge on any atom is 0.318 e. The smallest absolute Gasteiger partial charge is 0.318 e. The Kier molecular flexibility index (Phi) is 29.9. The molecule has 5 aliphatic heterocycles. The molecule has 660 valence electrons. The van der Waals surface area contributed by atoms with Gasteiger partial charge in [0.15, 0.2) is 16.8 Å². The minimum absolute atomic E-state index is 0.0326. The Hall–Kier alpha value is -11.6. The second-order valence-electron chi connectivity index (χ2n) is 30.7. The molecular weight excluding hydrogens is 1690 g/mol. The summed E-state index contributed by atoms with van der Waals surface area (Å²) in [6, 6.07) is 22.5. The van der Waals surface area contributed by atoms with Crippen molar-refractivity contribution in [1.82, 2.24) is 87.6 Å². The maximum atomic E-state index is 11.5. The number of carbonyl (C=O) groups is 1. The monoisotopic (exact) mass is 1790 g/mol. The van der Waals surface area contributed by atoms with Gasteiger partial charge in [0.25, 0.3) is 0 Å². The third kappa shape index (κ3) is 17.7. The second kappa shape index (κ2) is 39.7. The number of esters is 1. The highest BCUT2D eigenvalue weighted by molar-refractivity contribution is 7.99. The van der Waals surface area contributed by atoms with Gasteiger partial charge in [-0.1, -0.05) is 106 Å². The molecule has 12 aromatic heterocycles. The number of nitrogens with two attached hydrogens (primary N) is 2. The quantitative estimate of drug-likeness (QED) is 0.0186. The van der Waals surface area contributed by atoms with Crippen molar-refractivity contribution in [2.75, 3.05) is 36.8 Å². The summed E-state index contributed by atoms with van der Waals surface area (Å²) in [7, 11) is 0. The van der Waals surface area contributed by atoms with Gasteiger partial charge in [-0.25, -0.2) is 57.0 Å². The number of fused-ring (bicyclic) bond motifs is 6. The van der Waals surface area contributed by atoms with Gasteiger partial charge in [0.05, 0.1) is 75.7 Å². The van der Waals surface area contributed by atoms with E-state index in [1.807, 2.05) is 136 Å². The first-order valence-electron chi connectivity index (χ1n) is 39.7. The number of thioether (sulfide) groups is 3. The number of cyclic esters (lactones) is 1. The van der Waals surface area contributed by atoms with Gasteiger partial charge in [-0.3, -0.25) is 4.79 Å². The lowest BCUT2D eigenvalue weighted by atomic mass is 9.79. The Morgan fingerprint density at radius 3 is 1.32 bits per heavy atom. The van der Waals surface area contributed by atoms with E-state index in [2.05, 4.69) is 138 Å². The van der Waals surface area contributed by atoms with Gasteiger partial charge < -0.3 is 50.5 Å². The normalized spacial score (nSPS) is 28.7. The molecule has 7 N–H and O–H groups in total. The molecule has 0 radical (unpaired) electrons. The van der Waals surface area contributed by atoms with E-state index in [0.29, 0.717) is 40.1 Å². The van der Waals surface area contributed by atoms with Gasteiger partial charge in [0.1, 0.15) is 122 Å². The number of rotatable bonds is 17. The number of azide groups is 5. The molecule has 1 unspecified atom stereocenters. The van der Waals surface area contributed by atoms with E-state index >= 15 is 0 Å². The van der Waals surface area contributed by atoms with E-state index in [9.17, 15) is 20.1 Å². The number of halogens is 1. The van der Waals surface area contributed by atoms with Crippen molar-refractivity contribution in [1.29, 1.82) is 0 Å². The zero-order valence-electron chi connectivity index (χ0n) is 71.4. The number of ether oxygens (including phenoxy) is 5. The molecule has 17 heterocycles. The first-order valence-corrected chi connectivity index (χ1v) is 43.8. The molecule has 12 aromatic rings. The van der Waals surface area contributed by atoms with Gasteiger partial charge >= 0.3 is 5.97 Å². The number of aromatic nitrogens is 18. The van der Waals surface area contributed by atoms with Gasteiger partial charge in [0.2, 0.25) is 5.79 Å². The molecule has 48 heteroatoms. The predicted octanol–water partition coefficient (Wildman–Crippen LogP) is 15.0. The number of carbonyl (C=O) groups excluding carboxylic acids is 1. The number of nitrogens with zero attached hydrogens (tertiary/aromatic N) is 33. The fourth-order valence-corrected chi connectivity index (χ4v) is 18.1. The third-order valence-corrected chi connectivity index (χ3v) is 26.7. The fraction of sp³-hybridized carbons (Fsp3) is 0.519. The highest BCUT2D eigenvalue weighted by Crippen LogP contribution is 2.54. The molecule has 19 atom stereocenters. The average Bonchev–Trinajstić information content (AvgIpc) is 1.55. The summed E-state index contributed by atoms with van der Waals surface area (Å²) in [5.74, 6) is -1.46. The van der Waals surface area contributed by atoms with E-state index in [1.54, 1.807) is 88.7 Å². The zero-order chi connectivity index (χ0) is 90.7. The molecule has 0 bridgehead atoms. The molecule has 0 spiro atoms. The highest BCUT2D eigenvalue weighted by atomic mass is 35.5. The standard InChI is InChI=1S/C15H20N6O2S.C15H20N6OS.C14H19N7O.C12H15N7O3.C8H13N3O2.C7H7N3S.C6H4ClN3/c1-5-11-9(2)14(3,19-20-16)15(22,23-11)12-7-6-10-13(24-4)17-8-18-21(10)12;1-5-12-9(2)15(3,19-20-16)13(22-12)10-6-7-11-14(23-4)17-8-18-21(10)11;1-4-11-8(2)14(3,19-20-16)12(22-11)9-5-6-10-13(15)17-7-18-21(9)10;1-12(17-18-14)9(21)8(4-20)22-10(12)6-2-3-7-11(13)15-5-16-19(6)7;1-4-6-5(2)8(3,10-11-9)7(12)13-6;1-11-7-6-3-2-4-10(6)9-5-8-7;7-6-5-2-1-3-10(5)9-4-8-6/h6-9,11,22H,5H2,1-4H3;6-9,12-13H,5H2,1-4H3;5-8,11-12H,4H2,1-3H3,(H2,15,17,18);2-3,5,8-10,20-21H,4H2,1H3,(H2,13,15,16);5-6H,4H2,1-3H3;2-5H,1H3;1-4H/t9-,11-,14-,15?;9-,12-,13+,15-;8-,11-,12+,14-;8-,9-,10+,12-;5-,6-,8-;;/m11111../s1. The molecule has 5 aliphatic rings. The lowest BCUT2D eigenvalue weighted by molar-refractivity contribution is -0.228. The highest BCUT2D eigenvalue weighted by Gasteiger charge is 2.63. The van der Waals surface area contributed by atoms with Crippen molar-refractivity contribution in [2.24, 2.45) is 49.2 Å². The zero-order valence-corrected chi connectivity index (χ0v) is 74.6. The van der Waals surface area contributed by atoms with Crippen LogP contribution < -0.4 is 11.5 Å². The maximum absolute atomic E-state index is 11.5. The first kappa shape index (κ1) is 94.1. The van der Waals surface area contributed by atoms with Crippen LogP contribution in [0.5, 0.6) is 0 Å². The summed E-state index contributed by atoms with van der Waals surface area (Å²) < 4.78 is 39.4. The minimum atomic E-state index is -1.77. The molecule has 125 heavy (non-hydrogen) atoms. The molecular formula is C77H98ClN35O9S3. The van der Waals surface area contributed by atoms with Crippen molar-refractivity contribution >= 4 is 97.6 Å². The van der Waals surface area contributed by atoms with Crippen molar-refractivity contribution < 1.29 is 43.8 Å². The number of hydrogen-bond donors (Lipinski definition) is 5. The summed E-state index contributed by atoms with van der Waals surface area (Å²) in [6.45, 7) is 24.4. The molecule has 44 nitrogen and oxygen atoms in total. The summed E-state index contributed by atoms with van der Waals surface area (Å²) >= 11 is 10.4. The van der Waals surface area contributed by atoms with E-state index in [4.69, 9.17) is 74.4 Å². The Labute approximate surface area is 733 Å². The molecule has 17 rings (SSSR count). The number of anilines is 2. The fourth-order valence-electron chi connectivity index (χ4n) is 16.3. The van der Waals surface area contributed by atoms with Crippen LogP contribution >= 0.6 is 46.9 Å². The van der Waals surface area contributed by atoms with Crippen LogP contribution in [0.15, 0.2) is 164 Å². The molecule has 0 aliphatic carbocycles. The van der Waals surface area contributed by atoms with Crippen LogP contribution in [0.3, 0.4) is 0 Å². The summed E-state index contributed by atoms with van der Waals surface area (Å²) in [5, 5.41) is 78.6. The van der Waals surface area contributed by atoms with E-state index in [1.165, 1.54) is 41.6 Å². The van der Waals surface area contributed by atoms with Crippen molar-refractivity contribution in [3.63, 3.8) is 0 Å². The molecule has 0 saturated carbocycles. The van der Waals surface area contributed by atoms with Gasteiger partial charge in [-0.05, 0) is 183 Å². The molecule has 5 saturated heterocycles. The second-order valence-corrected chi connectivity index (χ2v) is 33.5. The van der Waals surface area contributed by atoms with Crippen molar-refractivity contribution in [2.45, 2.75) is 219 Å². The van der Waals surface area contributed by atoms with Crippen LogP contribution in [0.2, 0.25) is 5.15 Å². The summed E-state index contributed by atoms with van der Waals surface area (Å²) in [5.41, 5.74) is 58.8. The number of aliphatic hydroxyl groups excluding tert-OH is 2. The van der Waals surface area contributed by atoms with Crippen LogP contribution in [0.4, 0.5) is 11.6 Å². The number of nitrogen functional groups attached to an aromatic ring is 2. The Morgan fingerprint density at radius 2 is 0.864 bits per heavy atom. The van der Waals surface area contributed by atoms with Crippen LogP contribution in [-0.4, -0.2) is 199 Å². The van der Waals surface area contributed by atoms with E-state index in [0.717, 1.165) is 73.3 Å². The number of hydrogen-bond acceptors (Lipinski definition) is 31. The Bertz CT molecular complexity index is 5960. The van der Waals surface area contributed by atoms with Crippen LogP contribution in [0, 0.1) is 23.7 Å². The third-order valence-electron chi connectivity index (χ3n) is 24.3. The first-order chi connectivity index (χ1) is 59.9. The average molecular weight is 1790 g/mol. The van der Waals surface area contributed by atoms with E-state index in [-0.39, 0.29) is 60.3 Å². The Balaban J connectivity index is 0.000000145. The topological polar surface area (TPSA) is 601 Å². The van der Waals surface area contributed by atoms with Crippen molar-refractivity contribution in [3.05, 3.63) is 203 Å². The molecule has 0 aromatic carbocycles.